The zero-order chi connectivity index (χ0) is 29.7. The smallest absolute Gasteiger partial charge is 0.380 e. The van der Waals surface area contributed by atoms with Gasteiger partial charge in [0.2, 0.25) is 11.0 Å². The molecule has 2 fully saturated rings. The number of carbonyl (C=O) groups is 1. The molecule has 222 valence electrons. The van der Waals surface area contributed by atoms with Crippen molar-refractivity contribution in [3.63, 3.8) is 0 Å². The number of nitrogens with zero attached hydrogens (tertiary/aromatic N) is 5. The van der Waals surface area contributed by atoms with Crippen LogP contribution in [0.4, 0.5) is 37.7 Å². The molecule has 0 radical (unpaired) electrons. The fourth-order valence-corrected chi connectivity index (χ4v) is 5.22. The molecule has 2 aliphatic heterocycles. The van der Waals surface area contributed by atoms with Gasteiger partial charge in [-0.25, -0.2) is 0 Å². The number of piperazine rings is 1. The van der Waals surface area contributed by atoms with Crippen LogP contribution in [0.15, 0.2) is 34.9 Å². The van der Waals surface area contributed by atoms with E-state index in [4.69, 9.17) is 5.84 Å². The second-order valence-electron chi connectivity index (χ2n) is 9.32. The number of amides is 1. The number of hydrogen-bond donors (Lipinski definition) is 2. The van der Waals surface area contributed by atoms with Crippen molar-refractivity contribution in [2.24, 2.45) is 10.9 Å². The molecule has 0 bridgehead atoms. The lowest BCUT2D eigenvalue weighted by molar-refractivity contribution is -0.388. The molecule has 1 aromatic rings. The average molecular weight is 598 g/mol. The van der Waals surface area contributed by atoms with Crippen LogP contribution in [0.5, 0.6) is 0 Å². The number of carbonyl (C=O) groups excluding carboxylic acids is 1. The number of anilines is 1. The molecule has 40 heavy (non-hydrogen) atoms. The van der Waals surface area contributed by atoms with Crippen LogP contribution in [0.25, 0.3) is 0 Å². The van der Waals surface area contributed by atoms with Gasteiger partial charge in [-0.2, -0.15) is 31.4 Å². The molecular weight excluding hydrogens is 568 g/mol. The van der Waals surface area contributed by atoms with Crippen LogP contribution in [-0.4, -0.2) is 88.6 Å². The van der Waals surface area contributed by atoms with Gasteiger partial charge in [-0.3, -0.25) is 19.8 Å². The summed E-state index contributed by atoms with van der Waals surface area (Å²) in [5, 5.41) is 15.7. The molecule has 2 heterocycles. The Balaban J connectivity index is 1.40. The van der Waals surface area contributed by atoms with Crippen molar-refractivity contribution in [3.8, 4) is 0 Å². The molecular formula is C23H29F6N7O3S. The van der Waals surface area contributed by atoms with Gasteiger partial charge >= 0.3 is 12.4 Å². The number of nitrogens with two attached hydrogens (primary N) is 1. The first kappa shape index (κ1) is 31.3. The van der Waals surface area contributed by atoms with E-state index in [9.17, 15) is 41.3 Å². The number of benzene rings is 1. The molecule has 0 spiro atoms. The first-order chi connectivity index (χ1) is 18.7. The number of alkyl halides is 6. The fourth-order valence-electron chi connectivity index (χ4n) is 4.52. The number of rotatable bonds is 9. The highest BCUT2D eigenvalue weighted by Gasteiger charge is 2.39. The Morgan fingerprint density at radius 2 is 1.82 bits per heavy atom. The first-order valence-electron chi connectivity index (χ1n) is 12.3. The van der Waals surface area contributed by atoms with Gasteiger partial charge in [0, 0.05) is 63.5 Å². The third-order valence-corrected chi connectivity index (χ3v) is 7.60. The van der Waals surface area contributed by atoms with Gasteiger partial charge in [-0.15, -0.1) is 0 Å². The maximum absolute atomic E-state index is 13.2. The van der Waals surface area contributed by atoms with Crippen LogP contribution in [0.1, 0.15) is 24.8 Å². The molecule has 3 N–H and O–H groups in total. The number of likely N-dealkylation sites (tertiary alicyclic amines) is 1. The van der Waals surface area contributed by atoms with E-state index in [2.05, 4.69) is 21.9 Å². The predicted molar refractivity (Wildman–Crippen MR) is 138 cm³/mol. The SMILES string of the molecule is C=C(S/C(=N\N)C(F)(F)F)N1CCN(CCCC(=O)N2CC[C@@H](Nc3ccc([N+](=O)[O-])c(C(F)(F)F)c3)C2)CC1. The zero-order valence-electron chi connectivity index (χ0n) is 21.3. The summed E-state index contributed by atoms with van der Waals surface area (Å²) in [7, 11) is 0. The van der Waals surface area contributed by atoms with E-state index in [0.717, 1.165) is 6.07 Å². The Morgan fingerprint density at radius 3 is 2.40 bits per heavy atom. The van der Waals surface area contributed by atoms with Crippen LogP contribution < -0.4 is 11.2 Å². The van der Waals surface area contributed by atoms with Crippen LogP contribution in [0, 0.1) is 10.1 Å². The highest BCUT2D eigenvalue weighted by Crippen LogP contribution is 2.38. The number of nitrogens with one attached hydrogen (secondary N) is 1. The van der Waals surface area contributed by atoms with E-state index >= 15 is 0 Å². The van der Waals surface area contributed by atoms with Crippen molar-refractivity contribution in [1.82, 2.24) is 14.7 Å². The van der Waals surface area contributed by atoms with E-state index < -0.39 is 33.6 Å². The average Bonchev–Trinajstić information content (AvgIpc) is 3.34. The minimum absolute atomic E-state index is 0.0855. The molecule has 2 aliphatic rings. The molecule has 0 aromatic heterocycles. The number of halogens is 6. The van der Waals surface area contributed by atoms with Crippen molar-refractivity contribution < 1.29 is 36.1 Å². The van der Waals surface area contributed by atoms with Gasteiger partial charge in [0.05, 0.1) is 9.95 Å². The van der Waals surface area contributed by atoms with E-state index in [-0.39, 0.29) is 29.1 Å². The van der Waals surface area contributed by atoms with Gasteiger partial charge in [0.1, 0.15) is 5.56 Å². The van der Waals surface area contributed by atoms with Crippen LogP contribution >= 0.6 is 11.8 Å². The summed E-state index contributed by atoms with van der Waals surface area (Å²) in [5.41, 5.74) is -2.28. The van der Waals surface area contributed by atoms with Gasteiger partial charge in [0.25, 0.3) is 5.69 Å². The molecule has 1 atom stereocenters. The van der Waals surface area contributed by atoms with Crippen LogP contribution in [0.2, 0.25) is 0 Å². The highest BCUT2D eigenvalue weighted by molar-refractivity contribution is 8.17. The number of hydrogen-bond acceptors (Lipinski definition) is 9. The van der Waals surface area contributed by atoms with Crippen molar-refractivity contribution in [3.05, 3.63) is 45.5 Å². The monoisotopic (exact) mass is 597 g/mol. The number of nitro benzene ring substituents is 1. The molecule has 0 saturated carbocycles. The number of hydrazone groups is 1. The predicted octanol–water partition coefficient (Wildman–Crippen LogP) is 4.06. The summed E-state index contributed by atoms with van der Waals surface area (Å²) >= 11 is 0.380. The van der Waals surface area contributed by atoms with Gasteiger partial charge in [0.15, 0.2) is 0 Å². The lowest BCUT2D eigenvalue weighted by Gasteiger charge is -2.36. The molecule has 3 rings (SSSR count). The van der Waals surface area contributed by atoms with E-state index in [1.807, 2.05) is 0 Å². The van der Waals surface area contributed by atoms with Crippen LogP contribution in [-0.2, 0) is 11.0 Å². The third-order valence-electron chi connectivity index (χ3n) is 6.57. The van der Waals surface area contributed by atoms with E-state index in [0.29, 0.717) is 76.5 Å². The Bertz CT molecular complexity index is 1120. The third kappa shape index (κ3) is 8.39. The largest absolute Gasteiger partial charge is 0.441 e. The summed E-state index contributed by atoms with van der Waals surface area (Å²) < 4.78 is 78.2. The molecule has 0 aliphatic carbocycles. The van der Waals surface area contributed by atoms with Crippen molar-refractivity contribution in [2.45, 2.75) is 37.7 Å². The standard InChI is InChI=1S/C23H29F6N7O3S/c1-15(40-21(32-30)23(27,28)29)34-11-9-33(10-12-34)7-2-3-20(37)35-8-6-17(14-35)31-16-4-5-19(36(38)39)18(13-16)22(24,25)26/h4-5,13,17,31H,1-3,6-12,14,30H2/b32-21-/t17-/m1/s1. The first-order valence-corrected chi connectivity index (χ1v) is 13.1. The van der Waals surface area contributed by atoms with E-state index in [1.165, 1.54) is 6.07 Å². The maximum Gasteiger partial charge on any atom is 0.441 e. The lowest BCUT2D eigenvalue weighted by Crippen LogP contribution is -2.46. The van der Waals surface area contributed by atoms with E-state index in [1.54, 1.807) is 9.80 Å². The fraction of sp³-hybridized carbons (Fsp3) is 0.565. The topological polar surface area (TPSA) is 120 Å². The Morgan fingerprint density at radius 1 is 1.15 bits per heavy atom. The number of nitro groups is 1. The molecule has 17 heteroatoms. The summed E-state index contributed by atoms with van der Waals surface area (Å²) in [5.74, 6) is 4.76. The molecule has 1 amide bonds. The molecule has 2 saturated heterocycles. The van der Waals surface area contributed by atoms with Crippen LogP contribution in [0.3, 0.4) is 0 Å². The summed E-state index contributed by atoms with van der Waals surface area (Å²) in [6.07, 6.45) is -8.18. The Hall–Kier alpha value is -3.21. The zero-order valence-corrected chi connectivity index (χ0v) is 22.1. The highest BCUT2D eigenvalue weighted by atomic mass is 32.2. The molecule has 0 unspecified atom stereocenters. The minimum atomic E-state index is -4.88. The van der Waals surface area contributed by atoms with Crippen molar-refractivity contribution in [1.29, 1.82) is 0 Å². The second kappa shape index (κ2) is 13.0. The van der Waals surface area contributed by atoms with Gasteiger partial charge < -0.3 is 21.0 Å². The molecule has 10 nitrogen and oxygen atoms in total. The summed E-state index contributed by atoms with van der Waals surface area (Å²) in [4.78, 5) is 28.0. The maximum atomic E-state index is 13.2. The van der Waals surface area contributed by atoms with Crippen molar-refractivity contribution in [2.75, 3.05) is 51.1 Å². The van der Waals surface area contributed by atoms with Gasteiger partial charge in [-0.05, 0) is 43.3 Å². The second-order valence-corrected chi connectivity index (χ2v) is 10.4. The number of thioether (sulfide) groups is 1. The lowest BCUT2D eigenvalue weighted by atomic mass is 10.1. The Kier molecular flexibility index (Phi) is 10.2. The molecule has 1 aromatic carbocycles. The Labute approximate surface area is 230 Å². The quantitative estimate of drug-likeness (QED) is 0.109. The summed E-state index contributed by atoms with van der Waals surface area (Å²) in [6.45, 7) is 7.14. The van der Waals surface area contributed by atoms with Crippen molar-refractivity contribution >= 4 is 34.1 Å². The van der Waals surface area contributed by atoms with Gasteiger partial charge in [-0.1, -0.05) is 6.58 Å². The minimum Gasteiger partial charge on any atom is -0.380 e. The summed E-state index contributed by atoms with van der Waals surface area (Å²) in [6, 6.07) is 2.43. The normalized spacial score (nSPS) is 19.1.